The fraction of sp³-hybridized carbons (Fsp3) is 1.00. The van der Waals surface area contributed by atoms with Crippen molar-refractivity contribution in [3.63, 3.8) is 0 Å². The molecule has 0 aromatic rings. The predicted octanol–water partition coefficient (Wildman–Crippen LogP) is 0.567. The third kappa shape index (κ3) is 3.23. The summed E-state index contributed by atoms with van der Waals surface area (Å²) >= 11 is 0. The van der Waals surface area contributed by atoms with Gasteiger partial charge in [0.15, 0.2) is 0 Å². The lowest BCUT2D eigenvalue weighted by atomic mass is 10.0. The van der Waals surface area contributed by atoms with Gasteiger partial charge in [-0.1, -0.05) is 0 Å². The van der Waals surface area contributed by atoms with Crippen molar-refractivity contribution in [3.05, 3.63) is 0 Å². The van der Waals surface area contributed by atoms with Gasteiger partial charge in [0.05, 0.1) is 11.9 Å². The van der Waals surface area contributed by atoms with Gasteiger partial charge in [0.25, 0.3) is 0 Å². The number of hydrogen-bond donors (Lipinski definition) is 1. The highest BCUT2D eigenvalue weighted by Crippen LogP contribution is 2.18. The molecule has 0 radical (unpaired) electrons. The van der Waals surface area contributed by atoms with Crippen molar-refractivity contribution < 1.29 is 13.2 Å². The zero-order valence-corrected chi connectivity index (χ0v) is 12.1. The van der Waals surface area contributed by atoms with Crippen LogP contribution in [0.25, 0.3) is 0 Å². The molecule has 0 saturated carbocycles. The minimum Gasteiger partial charge on any atom is -0.377 e. The van der Waals surface area contributed by atoms with Gasteiger partial charge in [-0.25, -0.2) is 12.7 Å². The van der Waals surface area contributed by atoms with Crippen molar-refractivity contribution in [2.24, 2.45) is 0 Å². The summed E-state index contributed by atoms with van der Waals surface area (Å²) in [6, 6.07) is 0.867. The number of ether oxygens (including phenoxy) is 1. The Bertz CT molecular complexity index is 364. The second-order valence-electron chi connectivity index (χ2n) is 5.21. The Morgan fingerprint density at radius 1 is 1.28 bits per heavy atom. The molecule has 0 aromatic heterocycles. The highest BCUT2D eigenvalue weighted by Gasteiger charge is 2.30. The van der Waals surface area contributed by atoms with E-state index < -0.39 is 10.0 Å². The minimum atomic E-state index is -3.00. The maximum atomic E-state index is 11.7. The normalized spacial score (nSPS) is 31.9. The minimum absolute atomic E-state index is 0.207. The van der Waals surface area contributed by atoms with Crippen LogP contribution in [0.5, 0.6) is 0 Å². The molecule has 0 aromatic carbocycles. The van der Waals surface area contributed by atoms with Crippen molar-refractivity contribution in [3.8, 4) is 0 Å². The lowest BCUT2D eigenvalue weighted by Crippen LogP contribution is -2.49. The average Bonchev–Trinajstić information content (AvgIpc) is 2.76. The Labute approximate surface area is 110 Å². The first-order chi connectivity index (χ1) is 8.53. The van der Waals surface area contributed by atoms with Crippen molar-refractivity contribution in [2.75, 3.05) is 25.4 Å². The van der Waals surface area contributed by atoms with E-state index >= 15 is 0 Å². The van der Waals surface area contributed by atoms with Gasteiger partial charge in [0, 0.05) is 31.8 Å². The second-order valence-corrected chi connectivity index (χ2v) is 7.47. The summed E-state index contributed by atoms with van der Waals surface area (Å²) in [6.45, 7) is 5.94. The molecule has 2 unspecified atom stereocenters. The van der Waals surface area contributed by atoms with Crippen LogP contribution >= 0.6 is 0 Å². The standard InChI is InChI=1S/C12H24N2O3S/c1-3-18(15,16)14-7-4-11(5-8-14)13-12-6-9-17-10(12)2/h10-13H,3-9H2,1-2H3. The van der Waals surface area contributed by atoms with Gasteiger partial charge in [0.1, 0.15) is 0 Å². The Balaban J connectivity index is 1.80. The Hall–Kier alpha value is -0.170. The molecule has 2 aliphatic heterocycles. The molecule has 2 fully saturated rings. The summed E-state index contributed by atoms with van der Waals surface area (Å²) in [5.74, 6) is 0.207. The van der Waals surface area contributed by atoms with E-state index in [-0.39, 0.29) is 11.9 Å². The monoisotopic (exact) mass is 276 g/mol. The van der Waals surface area contributed by atoms with E-state index in [9.17, 15) is 8.42 Å². The third-order valence-corrected chi connectivity index (χ3v) is 5.92. The number of nitrogens with one attached hydrogen (secondary N) is 1. The molecule has 0 amide bonds. The van der Waals surface area contributed by atoms with E-state index in [0.717, 1.165) is 25.9 Å². The first kappa shape index (κ1) is 14.2. The topological polar surface area (TPSA) is 58.6 Å². The molecule has 0 bridgehead atoms. The largest absolute Gasteiger partial charge is 0.377 e. The van der Waals surface area contributed by atoms with Crippen LogP contribution in [-0.2, 0) is 14.8 Å². The SMILES string of the molecule is CCS(=O)(=O)N1CCC(NC2CCOC2C)CC1. The van der Waals surface area contributed by atoms with E-state index in [4.69, 9.17) is 4.74 Å². The fourth-order valence-corrected chi connectivity index (χ4v) is 3.87. The highest BCUT2D eigenvalue weighted by molar-refractivity contribution is 7.89. The smallest absolute Gasteiger partial charge is 0.213 e. The van der Waals surface area contributed by atoms with E-state index in [0.29, 0.717) is 25.2 Å². The first-order valence-corrected chi connectivity index (χ1v) is 8.49. The molecular weight excluding hydrogens is 252 g/mol. The number of hydrogen-bond acceptors (Lipinski definition) is 4. The molecule has 18 heavy (non-hydrogen) atoms. The van der Waals surface area contributed by atoms with Crippen molar-refractivity contribution in [1.82, 2.24) is 9.62 Å². The van der Waals surface area contributed by atoms with Gasteiger partial charge in [-0.2, -0.15) is 0 Å². The van der Waals surface area contributed by atoms with Crippen LogP contribution in [0.4, 0.5) is 0 Å². The zero-order valence-electron chi connectivity index (χ0n) is 11.3. The lowest BCUT2D eigenvalue weighted by molar-refractivity contribution is 0.108. The molecule has 2 saturated heterocycles. The van der Waals surface area contributed by atoms with Crippen molar-refractivity contribution in [1.29, 1.82) is 0 Å². The molecule has 1 N–H and O–H groups in total. The maximum absolute atomic E-state index is 11.7. The van der Waals surface area contributed by atoms with Crippen LogP contribution in [0.1, 0.15) is 33.1 Å². The molecule has 2 atom stereocenters. The summed E-state index contributed by atoms with van der Waals surface area (Å²) in [5.41, 5.74) is 0. The second kappa shape index (κ2) is 5.86. The number of sulfonamides is 1. The lowest BCUT2D eigenvalue weighted by Gasteiger charge is -2.33. The zero-order chi connectivity index (χ0) is 13.2. The maximum Gasteiger partial charge on any atom is 0.213 e. The van der Waals surface area contributed by atoms with Gasteiger partial charge in [-0.15, -0.1) is 0 Å². The Morgan fingerprint density at radius 3 is 2.44 bits per heavy atom. The van der Waals surface area contributed by atoms with Gasteiger partial charge in [-0.05, 0) is 33.1 Å². The van der Waals surface area contributed by atoms with E-state index in [1.54, 1.807) is 11.2 Å². The van der Waals surface area contributed by atoms with Crippen LogP contribution in [0.3, 0.4) is 0 Å². The van der Waals surface area contributed by atoms with Gasteiger partial charge < -0.3 is 10.1 Å². The van der Waals surface area contributed by atoms with Gasteiger partial charge in [0.2, 0.25) is 10.0 Å². The van der Waals surface area contributed by atoms with Crippen LogP contribution in [0, 0.1) is 0 Å². The molecule has 106 valence electrons. The summed E-state index contributed by atoms with van der Waals surface area (Å²) in [7, 11) is -3.00. The number of nitrogens with zero attached hydrogens (tertiary/aromatic N) is 1. The Morgan fingerprint density at radius 2 is 1.94 bits per heavy atom. The van der Waals surface area contributed by atoms with Crippen LogP contribution < -0.4 is 5.32 Å². The van der Waals surface area contributed by atoms with Crippen LogP contribution in [0.2, 0.25) is 0 Å². The average molecular weight is 276 g/mol. The van der Waals surface area contributed by atoms with E-state index in [2.05, 4.69) is 12.2 Å². The summed E-state index contributed by atoms with van der Waals surface area (Å²) in [4.78, 5) is 0. The van der Waals surface area contributed by atoms with Crippen LogP contribution in [-0.4, -0.2) is 56.4 Å². The predicted molar refractivity (Wildman–Crippen MR) is 71.0 cm³/mol. The quantitative estimate of drug-likeness (QED) is 0.815. The molecule has 2 aliphatic rings. The molecule has 2 heterocycles. The summed E-state index contributed by atoms with van der Waals surface area (Å²) in [5, 5.41) is 3.61. The molecule has 6 heteroatoms. The molecule has 0 aliphatic carbocycles. The van der Waals surface area contributed by atoms with E-state index in [1.807, 2.05) is 0 Å². The van der Waals surface area contributed by atoms with Crippen molar-refractivity contribution in [2.45, 2.75) is 51.3 Å². The number of rotatable bonds is 4. The number of piperidine rings is 1. The summed E-state index contributed by atoms with van der Waals surface area (Å²) in [6.07, 6.45) is 3.15. The molecule has 5 nitrogen and oxygen atoms in total. The highest BCUT2D eigenvalue weighted by atomic mass is 32.2. The molecule has 2 rings (SSSR count). The van der Waals surface area contributed by atoms with E-state index in [1.165, 1.54) is 0 Å². The van der Waals surface area contributed by atoms with Gasteiger partial charge >= 0.3 is 0 Å². The fourth-order valence-electron chi connectivity index (χ4n) is 2.74. The summed E-state index contributed by atoms with van der Waals surface area (Å²) < 4.78 is 30.6. The molecule has 0 spiro atoms. The first-order valence-electron chi connectivity index (χ1n) is 6.88. The third-order valence-electron chi connectivity index (χ3n) is 4.04. The molecular formula is C12H24N2O3S. The van der Waals surface area contributed by atoms with Crippen LogP contribution in [0.15, 0.2) is 0 Å². The van der Waals surface area contributed by atoms with Crippen molar-refractivity contribution >= 4 is 10.0 Å². The van der Waals surface area contributed by atoms with Gasteiger partial charge in [-0.3, -0.25) is 0 Å². The Kier molecular flexibility index (Phi) is 4.64.